The van der Waals surface area contributed by atoms with Crippen molar-refractivity contribution in [1.82, 2.24) is 5.32 Å². The zero-order valence-corrected chi connectivity index (χ0v) is 11.7. The second kappa shape index (κ2) is 5.53. The highest BCUT2D eigenvalue weighted by molar-refractivity contribution is 5.67. The Morgan fingerprint density at radius 2 is 1.76 bits per heavy atom. The van der Waals surface area contributed by atoms with Crippen LogP contribution in [0.15, 0.2) is 30.3 Å². The van der Waals surface area contributed by atoms with E-state index >= 15 is 0 Å². The molecule has 21 heavy (non-hydrogen) atoms. The van der Waals surface area contributed by atoms with Crippen LogP contribution in [0.25, 0.3) is 11.1 Å². The third-order valence-electron chi connectivity index (χ3n) is 3.76. The molecule has 0 spiro atoms. The molecule has 1 N–H and O–H groups in total. The van der Waals surface area contributed by atoms with E-state index in [1.807, 2.05) is 0 Å². The summed E-state index contributed by atoms with van der Waals surface area (Å²) >= 11 is 0. The van der Waals surface area contributed by atoms with Crippen molar-refractivity contribution < 1.29 is 13.2 Å². The van der Waals surface area contributed by atoms with Crippen molar-refractivity contribution in [2.24, 2.45) is 0 Å². The maximum atomic E-state index is 14.2. The Kier molecular flexibility index (Phi) is 3.72. The molecule has 1 fully saturated rings. The molecule has 0 saturated heterocycles. The molecule has 0 amide bonds. The largest absolute Gasteiger partial charge is 0.310 e. The van der Waals surface area contributed by atoms with Crippen LogP contribution in [0.1, 0.15) is 24.0 Å². The van der Waals surface area contributed by atoms with Crippen LogP contribution >= 0.6 is 0 Å². The molecule has 0 aliphatic heterocycles. The van der Waals surface area contributed by atoms with Gasteiger partial charge in [-0.1, -0.05) is 12.1 Å². The number of hydrogen-bond acceptors (Lipinski definition) is 1. The summed E-state index contributed by atoms with van der Waals surface area (Å²) in [5.74, 6) is -2.07. The molecule has 1 aliphatic carbocycles. The molecule has 0 bridgehead atoms. The van der Waals surface area contributed by atoms with Crippen LogP contribution in [-0.4, -0.2) is 6.04 Å². The molecule has 0 heterocycles. The van der Waals surface area contributed by atoms with Crippen molar-refractivity contribution in [2.75, 3.05) is 0 Å². The Bertz CT molecular complexity index is 678. The van der Waals surface area contributed by atoms with Gasteiger partial charge in [0.25, 0.3) is 0 Å². The zero-order chi connectivity index (χ0) is 15.0. The monoisotopic (exact) mass is 291 g/mol. The number of rotatable bonds is 4. The second-order valence-corrected chi connectivity index (χ2v) is 5.52. The maximum absolute atomic E-state index is 14.2. The van der Waals surface area contributed by atoms with Crippen LogP contribution in [0.3, 0.4) is 0 Å². The predicted molar refractivity (Wildman–Crippen MR) is 76.4 cm³/mol. The fourth-order valence-electron chi connectivity index (χ4n) is 2.33. The third-order valence-corrected chi connectivity index (χ3v) is 3.76. The maximum Gasteiger partial charge on any atom is 0.136 e. The van der Waals surface area contributed by atoms with Crippen LogP contribution in [0.5, 0.6) is 0 Å². The first kappa shape index (κ1) is 14.1. The summed E-state index contributed by atoms with van der Waals surface area (Å²) in [5, 5.41) is 3.30. The SMILES string of the molecule is Cc1ccc(F)c(-c2cc(CNC3CC3)ccc2F)c1F. The van der Waals surface area contributed by atoms with Gasteiger partial charge in [-0.05, 0) is 49.1 Å². The topological polar surface area (TPSA) is 12.0 Å². The number of hydrogen-bond donors (Lipinski definition) is 1. The minimum Gasteiger partial charge on any atom is -0.310 e. The van der Waals surface area contributed by atoms with Gasteiger partial charge in [0, 0.05) is 18.2 Å². The highest BCUT2D eigenvalue weighted by Crippen LogP contribution is 2.31. The van der Waals surface area contributed by atoms with E-state index in [2.05, 4.69) is 5.32 Å². The highest BCUT2D eigenvalue weighted by atomic mass is 19.1. The Morgan fingerprint density at radius 1 is 1.05 bits per heavy atom. The molecule has 4 heteroatoms. The average Bonchev–Trinajstić information content (AvgIpc) is 3.28. The van der Waals surface area contributed by atoms with Crippen LogP contribution in [0.4, 0.5) is 13.2 Å². The van der Waals surface area contributed by atoms with E-state index in [0.717, 1.165) is 18.4 Å². The van der Waals surface area contributed by atoms with Gasteiger partial charge in [0.15, 0.2) is 0 Å². The van der Waals surface area contributed by atoms with Crippen LogP contribution in [0, 0.1) is 24.4 Å². The Labute approximate surface area is 121 Å². The van der Waals surface area contributed by atoms with Gasteiger partial charge in [0.2, 0.25) is 0 Å². The van der Waals surface area contributed by atoms with Crippen LogP contribution < -0.4 is 5.32 Å². The number of halogens is 3. The first-order valence-corrected chi connectivity index (χ1v) is 7.03. The third kappa shape index (κ3) is 2.95. The standard InChI is InChI=1S/C17H16F3N/c1-10-2-6-15(19)16(17(10)20)13-8-11(3-7-14(13)18)9-21-12-4-5-12/h2-3,6-8,12,21H,4-5,9H2,1H3. The van der Waals surface area contributed by atoms with Gasteiger partial charge in [-0.15, -0.1) is 0 Å². The molecular weight excluding hydrogens is 275 g/mol. The van der Waals surface area contributed by atoms with Gasteiger partial charge in [-0.2, -0.15) is 0 Å². The van der Waals surface area contributed by atoms with E-state index in [-0.39, 0.29) is 11.1 Å². The van der Waals surface area contributed by atoms with Crippen molar-refractivity contribution in [2.45, 2.75) is 32.4 Å². The summed E-state index contributed by atoms with van der Waals surface area (Å²) in [6.07, 6.45) is 2.30. The molecule has 0 unspecified atom stereocenters. The summed E-state index contributed by atoms with van der Waals surface area (Å²) in [6.45, 7) is 2.11. The van der Waals surface area contributed by atoms with E-state index in [1.54, 1.807) is 6.07 Å². The van der Waals surface area contributed by atoms with Gasteiger partial charge in [0.1, 0.15) is 17.5 Å². The number of benzene rings is 2. The van der Waals surface area contributed by atoms with E-state index < -0.39 is 17.5 Å². The Balaban J connectivity index is 2.00. The van der Waals surface area contributed by atoms with Gasteiger partial charge < -0.3 is 5.32 Å². The molecule has 0 aromatic heterocycles. The van der Waals surface area contributed by atoms with Crippen LogP contribution in [-0.2, 0) is 6.54 Å². The van der Waals surface area contributed by atoms with Crippen molar-refractivity contribution >= 4 is 0 Å². The van der Waals surface area contributed by atoms with Crippen LogP contribution in [0.2, 0.25) is 0 Å². The lowest BCUT2D eigenvalue weighted by Gasteiger charge is -2.11. The summed E-state index contributed by atoms with van der Waals surface area (Å²) in [7, 11) is 0. The summed E-state index contributed by atoms with van der Waals surface area (Å²) < 4.78 is 42.1. The summed E-state index contributed by atoms with van der Waals surface area (Å²) in [4.78, 5) is 0. The van der Waals surface area contributed by atoms with Gasteiger partial charge >= 0.3 is 0 Å². The quantitative estimate of drug-likeness (QED) is 0.884. The van der Waals surface area contributed by atoms with E-state index in [9.17, 15) is 13.2 Å². The van der Waals surface area contributed by atoms with Gasteiger partial charge in [-0.3, -0.25) is 0 Å². The molecule has 1 nitrogen and oxygen atoms in total. The minimum absolute atomic E-state index is 0.0243. The predicted octanol–water partition coefficient (Wildman–Crippen LogP) is 4.33. The highest BCUT2D eigenvalue weighted by Gasteiger charge is 2.21. The lowest BCUT2D eigenvalue weighted by Crippen LogP contribution is -2.15. The molecular formula is C17H16F3N. The molecule has 3 rings (SSSR count). The lowest BCUT2D eigenvalue weighted by atomic mass is 9.99. The van der Waals surface area contributed by atoms with Crippen molar-refractivity contribution in [3.8, 4) is 11.1 Å². The molecule has 1 saturated carbocycles. The molecule has 2 aromatic carbocycles. The Morgan fingerprint density at radius 3 is 2.48 bits per heavy atom. The van der Waals surface area contributed by atoms with Gasteiger partial charge in [0.05, 0.1) is 5.56 Å². The fourth-order valence-corrected chi connectivity index (χ4v) is 2.33. The smallest absolute Gasteiger partial charge is 0.136 e. The Hall–Kier alpha value is -1.81. The van der Waals surface area contributed by atoms with Crippen molar-refractivity contribution in [1.29, 1.82) is 0 Å². The van der Waals surface area contributed by atoms with Crippen molar-refractivity contribution in [3.05, 3.63) is 58.9 Å². The molecule has 110 valence electrons. The normalized spacial score (nSPS) is 14.5. The summed E-state index contributed by atoms with van der Waals surface area (Å²) in [6, 6.07) is 7.46. The van der Waals surface area contributed by atoms with E-state index in [1.165, 1.54) is 31.2 Å². The van der Waals surface area contributed by atoms with E-state index in [0.29, 0.717) is 18.2 Å². The zero-order valence-electron chi connectivity index (χ0n) is 11.7. The lowest BCUT2D eigenvalue weighted by molar-refractivity contribution is 0.576. The average molecular weight is 291 g/mol. The fraction of sp³-hybridized carbons (Fsp3) is 0.294. The first-order valence-electron chi connectivity index (χ1n) is 7.03. The molecule has 0 radical (unpaired) electrons. The molecule has 1 aliphatic rings. The second-order valence-electron chi connectivity index (χ2n) is 5.52. The van der Waals surface area contributed by atoms with Crippen molar-refractivity contribution in [3.63, 3.8) is 0 Å². The first-order chi connectivity index (χ1) is 10.1. The van der Waals surface area contributed by atoms with E-state index in [4.69, 9.17) is 0 Å². The molecule has 2 aromatic rings. The molecule has 0 atom stereocenters. The summed E-state index contributed by atoms with van der Waals surface area (Å²) in [5.41, 5.74) is 0.801. The number of aryl methyl sites for hydroxylation is 1. The minimum atomic E-state index is -0.746. The number of nitrogens with one attached hydrogen (secondary N) is 1. The van der Waals surface area contributed by atoms with Gasteiger partial charge in [-0.25, -0.2) is 13.2 Å².